The van der Waals surface area contributed by atoms with Crippen LogP contribution in [-0.2, 0) is 4.79 Å². The van der Waals surface area contributed by atoms with E-state index in [1.807, 2.05) is 11.0 Å². The molecule has 80 valence electrons. The summed E-state index contributed by atoms with van der Waals surface area (Å²) in [6.45, 7) is 0.357. The van der Waals surface area contributed by atoms with Gasteiger partial charge < -0.3 is 10.2 Å². The topological polar surface area (TPSA) is 56.1 Å². The maximum Gasteiger partial charge on any atom is 0.246 e. The number of rotatable bonds is 1. The van der Waals surface area contributed by atoms with E-state index >= 15 is 0 Å². The molecule has 4 nitrogen and oxygen atoms in total. The molecule has 1 aliphatic heterocycles. The number of anilines is 2. The van der Waals surface area contributed by atoms with Crippen LogP contribution in [0.3, 0.4) is 0 Å². The highest BCUT2D eigenvalue weighted by Gasteiger charge is 2.36. The van der Waals surface area contributed by atoms with Crippen LogP contribution in [-0.4, -0.2) is 18.5 Å². The number of hydrogen-bond donors (Lipinski definition) is 1. The molecule has 1 fully saturated rings. The first-order valence-electron chi connectivity index (χ1n) is 5.39. The number of benzene rings is 1. The Labute approximate surface area is 93.5 Å². The predicted molar refractivity (Wildman–Crippen MR) is 60.2 cm³/mol. The lowest BCUT2D eigenvalue weighted by Gasteiger charge is -2.30. The zero-order valence-corrected chi connectivity index (χ0v) is 8.73. The molecule has 1 heterocycles. The minimum Gasteiger partial charge on any atom is -0.374 e. The molecule has 0 radical (unpaired) electrons. The highest BCUT2D eigenvalue weighted by Crippen LogP contribution is 2.38. The summed E-state index contributed by atoms with van der Waals surface area (Å²) in [6, 6.07) is 7.89. The van der Waals surface area contributed by atoms with Crippen LogP contribution in [0.4, 0.5) is 11.4 Å². The Morgan fingerprint density at radius 3 is 2.94 bits per heavy atom. The van der Waals surface area contributed by atoms with Crippen molar-refractivity contribution in [2.75, 3.05) is 16.8 Å². The third-order valence-corrected chi connectivity index (χ3v) is 3.00. The SMILES string of the molecule is N#Cc1ccc2c(c1)N(C1CC1)C(=O)CN2. The molecule has 0 unspecified atom stereocenters. The second-order valence-corrected chi connectivity index (χ2v) is 4.19. The van der Waals surface area contributed by atoms with Gasteiger partial charge in [0.1, 0.15) is 0 Å². The molecule has 0 spiro atoms. The average molecular weight is 213 g/mol. The van der Waals surface area contributed by atoms with Crippen molar-refractivity contribution in [2.24, 2.45) is 0 Å². The molecule has 2 aliphatic rings. The Hall–Kier alpha value is -2.02. The lowest BCUT2D eigenvalue weighted by Crippen LogP contribution is -2.41. The number of fused-ring (bicyclic) bond motifs is 1. The molecule has 0 atom stereocenters. The number of hydrogen-bond acceptors (Lipinski definition) is 3. The number of nitriles is 1. The molecule has 16 heavy (non-hydrogen) atoms. The van der Waals surface area contributed by atoms with Gasteiger partial charge in [-0.25, -0.2) is 0 Å². The largest absolute Gasteiger partial charge is 0.374 e. The number of nitrogens with zero attached hydrogens (tertiary/aromatic N) is 2. The molecule has 0 saturated heterocycles. The molecule has 0 aromatic heterocycles. The first-order valence-corrected chi connectivity index (χ1v) is 5.39. The maximum atomic E-state index is 11.8. The van der Waals surface area contributed by atoms with E-state index in [9.17, 15) is 4.79 Å². The fourth-order valence-corrected chi connectivity index (χ4v) is 2.07. The van der Waals surface area contributed by atoms with E-state index in [0.29, 0.717) is 18.2 Å². The van der Waals surface area contributed by atoms with Crippen LogP contribution in [0.2, 0.25) is 0 Å². The van der Waals surface area contributed by atoms with Gasteiger partial charge >= 0.3 is 0 Å². The molecule has 4 heteroatoms. The highest BCUT2D eigenvalue weighted by atomic mass is 16.2. The van der Waals surface area contributed by atoms with Gasteiger partial charge in [-0.05, 0) is 31.0 Å². The Bertz CT molecular complexity index is 499. The number of carbonyl (C=O) groups excluding carboxylic acids is 1. The summed E-state index contributed by atoms with van der Waals surface area (Å²) in [5.41, 5.74) is 2.41. The molecule has 1 saturated carbocycles. The smallest absolute Gasteiger partial charge is 0.246 e. The fourth-order valence-electron chi connectivity index (χ4n) is 2.07. The quantitative estimate of drug-likeness (QED) is 0.768. The summed E-state index contributed by atoms with van der Waals surface area (Å²) in [5, 5.41) is 11.9. The van der Waals surface area contributed by atoms with E-state index in [2.05, 4.69) is 11.4 Å². The van der Waals surface area contributed by atoms with Gasteiger partial charge in [-0.3, -0.25) is 4.79 Å². The van der Waals surface area contributed by atoms with Crippen LogP contribution in [0.25, 0.3) is 0 Å². The number of carbonyl (C=O) groups is 1. The molecular weight excluding hydrogens is 202 g/mol. The molecule has 1 aromatic carbocycles. The van der Waals surface area contributed by atoms with E-state index in [-0.39, 0.29) is 5.91 Å². The van der Waals surface area contributed by atoms with Gasteiger partial charge in [0.2, 0.25) is 5.91 Å². The fraction of sp³-hybridized carbons (Fsp3) is 0.333. The Morgan fingerprint density at radius 1 is 1.44 bits per heavy atom. The van der Waals surface area contributed by atoms with Gasteiger partial charge in [0.05, 0.1) is 29.6 Å². The van der Waals surface area contributed by atoms with E-state index in [1.165, 1.54) is 0 Å². The van der Waals surface area contributed by atoms with Gasteiger partial charge in [-0.1, -0.05) is 0 Å². The van der Waals surface area contributed by atoms with Crippen molar-refractivity contribution in [3.63, 3.8) is 0 Å². The third-order valence-electron chi connectivity index (χ3n) is 3.00. The Morgan fingerprint density at radius 2 is 2.25 bits per heavy atom. The van der Waals surface area contributed by atoms with E-state index in [0.717, 1.165) is 24.2 Å². The van der Waals surface area contributed by atoms with Crippen LogP contribution in [0.15, 0.2) is 18.2 Å². The summed E-state index contributed by atoms with van der Waals surface area (Å²) in [7, 11) is 0. The van der Waals surface area contributed by atoms with E-state index < -0.39 is 0 Å². The monoisotopic (exact) mass is 213 g/mol. The van der Waals surface area contributed by atoms with Crippen molar-refractivity contribution in [1.82, 2.24) is 0 Å². The van der Waals surface area contributed by atoms with Gasteiger partial charge in [0.15, 0.2) is 0 Å². The predicted octanol–water partition coefficient (Wildman–Crippen LogP) is 1.48. The van der Waals surface area contributed by atoms with Gasteiger partial charge in [-0.15, -0.1) is 0 Å². The summed E-state index contributed by atoms with van der Waals surface area (Å²) >= 11 is 0. The van der Waals surface area contributed by atoms with Crippen LogP contribution in [0, 0.1) is 11.3 Å². The zero-order chi connectivity index (χ0) is 11.1. The second-order valence-electron chi connectivity index (χ2n) is 4.19. The minimum atomic E-state index is 0.102. The zero-order valence-electron chi connectivity index (χ0n) is 8.73. The van der Waals surface area contributed by atoms with Crippen LogP contribution in [0.1, 0.15) is 18.4 Å². The first-order chi connectivity index (χ1) is 7.79. The van der Waals surface area contributed by atoms with Crippen molar-refractivity contribution < 1.29 is 4.79 Å². The van der Waals surface area contributed by atoms with Crippen molar-refractivity contribution in [1.29, 1.82) is 5.26 Å². The standard InChI is InChI=1S/C12H11N3O/c13-6-8-1-4-10-11(5-8)15(9-2-3-9)12(16)7-14-10/h1,4-5,9,14H,2-3,7H2. The van der Waals surface area contributed by atoms with Gasteiger partial charge in [0.25, 0.3) is 0 Å². The summed E-state index contributed by atoms with van der Waals surface area (Å²) < 4.78 is 0. The lowest BCUT2D eigenvalue weighted by molar-refractivity contribution is -0.117. The summed E-state index contributed by atoms with van der Waals surface area (Å²) in [5.74, 6) is 0.102. The molecule has 1 amide bonds. The molecular formula is C12H11N3O. The minimum absolute atomic E-state index is 0.102. The number of nitrogens with one attached hydrogen (secondary N) is 1. The molecule has 0 bridgehead atoms. The third kappa shape index (κ3) is 1.33. The molecule has 3 rings (SSSR count). The Kier molecular flexibility index (Phi) is 1.87. The molecule has 1 N–H and O–H groups in total. The second kappa shape index (κ2) is 3.24. The number of amides is 1. The van der Waals surface area contributed by atoms with Gasteiger partial charge in [-0.2, -0.15) is 5.26 Å². The Balaban J connectivity index is 2.09. The summed E-state index contributed by atoms with van der Waals surface area (Å²) in [4.78, 5) is 13.7. The van der Waals surface area contributed by atoms with Crippen molar-refractivity contribution >= 4 is 17.3 Å². The first kappa shape index (κ1) is 9.22. The van der Waals surface area contributed by atoms with Crippen molar-refractivity contribution in [3.05, 3.63) is 23.8 Å². The van der Waals surface area contributed by atoms with Crippen molar-refractivity contribution in [2.45, 2.75) is 18.9 Å². The maximum absolute atomic E-state index is 11.8. The molecule has 1 aromatic rings. The lowest BCUT2D eigenvalue weighted by atomic mass is 10.1. The average Bonchev–Trinajstić information content (AvgIpc) is 3.12. The molecule has 1 aliphatic carbocycles. The van der Waals surface area contributed by atoms with E-state index in [1.54, 1.807) is 12.1 Å². The van der Waals surface area contributed by atoms with Crippen LogP contribution < -0.4 is 10.2 Å². The van der Waals surface area contributed by atoms with Crippen LogP contribution in [0.5, 0.6) is 0 Å². The van der Waals surface area contributed by atoms with Gasteiger partial charge in [0, 0.05) is 6.04 Å². The normalized spacial score (nSPS) is 18.7. The summed E-state index contributed by atoms with van der Waals surface area (Å²) in [6.07, 6.45) is 2.14. The van der Waals surface area contributed by atoms with Crippen molar-refractivity contribution in [3.8, 4) is 6.07 Å². The van der Waals surface area contributed by atoms with E-state index in [4.69, 9.17) is 5.26 Å². The highest BCUT2D eigenvalue weighted by molar-refractivity contribution is 6.03. The van der Waals surface area contributed by atoms with Crippen LogP contribution >= 0.6 is 0 Å².